The second-order valence-corrected chi connectivity index (χ2v) is 5.18. The first kappa shape index (κ1) is 13.4. The van der Waals surface area contributed by atoms with Crippen LogP contribution >= 0.6 is 0 Å². The predicted molar refractivity (Wildman–Crippen MR) is 74.7 cm³/mol. The fraction of sp³-hybridized carbons (Fsp3) is 0.357. The second kappa shape index (κ2) is 4.76. The molecule has 0 aromatic heterocycles. The van der Waals surface area contributed by atoms with E-state index in [0.29, 0.717) is 12.2 Å². The Morgan fingerprint density at radius 1 is 1.52 bits per heavy atom. The lowest BCUT2D eigenvalue weighted by Gasteiger charge is -2.34. The number of hydrogen-bond donors (Lipinski definition) is 2. The smallest absolute Gasteiger partial charge is 0.326 e. The molecule has 0 fully saturated rings. The molecule has 21 heavy (non-hydrogen) atoms. The highest BCUT2D eigenvalue weighted by atomic mass is 16.6. The largest absolute Gasteiger partial charge is 0.496 e. The third-order valence-corrected chi connectivity index (χ3v) is 4.12. The molecule has 2 N–H and O–H groups in total. The van der Waals surface area contributed by atoms with Crippen molar-refractivity contribution >= 4 is 17.3 Å². The molecule has 1 heterocycles. The lowest BCUT2D eigenvalue weighted by Crippen LogP contribution is -2.42. The Kier molecular flexibility index (Phi) is 3.04. The van der Waals surface area contributed by atoms with Crippen molar-refractivity contribution < 1.29 is 19.6 Å². The van der Waals surface area contributed by atoms with Gasteiger partial charge in [-0.25, -0.2) is 4.79 Å². The van der Waals surface area contributed by atoms with Crippen molar-refractivity contribution in [3.63, 3.8) is 0 Å². The molecule has 3 atom stereocenters. The lowest BCUT2D eigenvalue weighted by molar-refractivity contribution is -0.384. The minimum Gasteiger partial charge on any atom is -0.496 e. The maximum Gasteiger partial charge on any atom is 0.326 e. The fourth-order valence-electron chi connectivity index (χ4n) is 3.16. The third-order valence-electron chi connectivity index (χ3n) is 4.12. The van der Waals surface area contributed by atoms with E-state index in [0.717, 1.165) is 5.56 Å². The molecule has 0 spiro atoms. The molecular weight excluding hydrogens is 276 g/mol. The number of fused-ring (bicyclic) bond motifs is 3. The number of benzene rings is 1. The van der Waals surface area contributed by atoms with Gasteiger partial charge in [-0.2, -0.15) is 0 Å². The van der Waals surface area contributed by atoms with Gasteiger partial charge in [-0.3, -0.25) is 10.1 Å². The van der Waals surface area contributed by atoms with E-state index in [1.165, 1.54) is 13.2 Å². The number of methoxy groups -OCH3 is 1. The number of nitrogens with zero attached hydrogens (tertiary/aromatic N) is 1. The summed E-state index contributed by atoms with van der Waals surface area (Å²) in [7, 11) is 1.45. The maximum absolute atomic E-state index is 11.4. The van der Waals surface area contributed by atoms with Crippen LogP contribution in [-0.4, -0.2) is 29.2 Å². The molecule has 0 bridgehead atoms. The highest BCUT2D eigenvalue weighted by Gasteiger charge is 2.43. The average molecular weight is 290 g/mol. The van der Waals surface area contributed by atoms with Gasteiger partial charge < -0.3 is 15.2 Å². The third kappa shape index (κ3) is 2.01. The Bertz CT molecular complexity index is 655. The van der Waals surface area contributed by atoms with Gasteiger partial charge in [-0.1, -0.05) is 12.2 Å². The van der Waals surface area contributed by atoms with Gasteiger partial charge >= 0.3 is 5.97 Å². The summed E-state index contributed by atoms with van der Waals surface area (Å²) in [6.45, 7) is 0. The van der Waals surface area contributed by atoms with Crippen molar-refractivity contribution in [2.45, 2.75) is 18.4 Å². The summed E-state index contributed by atoms with van der Waals surface area (Å²) in [6.07, 6.45) is 4.48. The van der Waals surface area contributed by atoms with Crippen LogP contribution in [0.25, 0.3) is 0 Å². The van der Waals surface area contributed by atoms with Crippen molar-refractivity contribution in [1.29, 1.82) is 0 Å². The van der Waals surface area contributed by atoms with Crippen LogP contribution in [0.1, 0.15) is 17.9 Å². The Morgan fingerprint density at radius 3 is 2.90 bits per heavy atom. The van der Waals surface area contributed by atoms with Gasteiger partial charge in [0.05, 0.1) is 18.1 Å². The number of aliphatic carboxylic acids is 1. The van der Waals surface area contributed by atoms with Crippen molar-refractivity contribution in [2.75, 3.05) is 12.4 Å². The summed E-state index contributed by atoms with van der Waals surface area (Å²) in [5, 5.41) is 23.4. The van der Waals surface area contributed by atoms with Crippen LogP contribution in [0.4, 0.5) is 11.4 Å². The number of carboxylic acid groups (broad SMARTS) is 1. The molecule has 1 aromatic carbocycles. The van der Waals surface area contributed by atoms with Crippen LogP contribution in [0.5, 0.6) is 5.75 Å². The maximum atomic E-state index is 11.4. The topological polar surface area (TPSA) is 102 Å². The van der Waals surface area contributed by atoms with Crippen molar-refractivity contribution in [2.24, 2.45) is 5.92 Å². The Labute approximate surface area is 120 Å². The van der Waals surface area contributed by atoms with Gasteiger partial charge in [0.2, 0.25) is 0 Å². The minimum atomic E-state index is -0.996. The molecule has 110 valence electrons. The van der Waals surface area contributed by atoms with Gasteiger partial charge in [0, 0.05) is 11.8 Å². The summed E-state index contributed by atoms with van der Waals surface area (Å²) in [4.78, 5) is 22.2. The highest BCUT2D eigenvalue weighted by Crippen LogP contribution is 2.49. The Morgan fingerprint density at radius 2 is 2.29 bits per heavy atom. The molecule has 0 saturated heterocycles. The van der Waals surface area contributed by atoms with Crippen LogP contribution in [0.3, 0.4) is 0 Å². The summed E-state index contributed by atoms with van der Waals surface area (Å²) >= 11 is 0. The van der Waals surface area contributed by atoms with Crippen LogP contribution in [0.15, 0.2) is 24.3 Å². The van der Waals surface area contributed by atoms with E-state index < -0.39 is 16.9 Å². The normalized spacial score (nSPS) is 25.7. The number of nitro benzene ring substituents is 1. The van der Waals surface area contributed by atoms with Crippen molar-refractivity contribution in [3.8, 4) is 5.75 Å². The van der Waals surface area contributed by atoms with Crippen molar-refractivity contribution in [1.82, 2.24) is 0 Å². The number of rotatable bonds is 3. The molecule has 0 unspecified atom stereocenters. The zero-order chi connectivity index (χ0) is 15.1. The summed E-state index contributed by atoms with van der Waals surface area (Å²) < 4.78 is 5.12. The zero-order valence-corrected chi connectivity index (χ0v) is 11.3. The van der Waals surface area contributed by atoms with Crippen LogP contribution < -0.4 is 10.1 Å². The van der Waals surface area contributed by atoms with E-state index in [4.69, 9.17) is 4.74 Å². The molecule has 0 amide bonds. The number of hydrogen-bond acceptors (Lipinski definition) is 5. The van der Waals surface area contributed by atoms with Gasteiger partial charge in [0.15, 0.2) is 0 Å². The molecule has 1 aromatic rings. The van der Waals surface area contributed by atoms with Crippen LogP contribution in [0.2, 0.25) is 0 Å². The zero-order valence-electron chi connectivity index (χ0n) is 11.3. The van der Waals surface area contributed by atoms with Gasteiger partial charge in [0.1, 0.15) is 17.5 Å². The molecule has 1 aliphatic heterocycles. The number of nitrogens with one attached hydrogen (secondary N) is 1. The molecule has 2 aliphatic rings. The highest BCUT2D eigenvalue weighted by molar-refractivity contribution is 5.83. The summed E-state index contributed by atoms with van der Waals surface area (Å²) in [5.41, 5.74) is 0.840. The molecule has 0 radical (unpaired) electrons. The van der Waals surface area contributed by atoms with E-state index in [1.807, 2.05) is 12.2 Å². The Hall–Kier alpha value is -2.57. The van der Waals surface area contributed by atoms with E-state index in [9.17, 15) is 20.0 Å². The monoisotopic (exact) mass is 290 g/mol. The van der Waals surface area contributed by atoms with E-state index in [-0.39, 0.29) is 23.2 Å². The first-order valence-electron chi connectivity index (χ1n) is 6.55. The molecule has 7 nitrogen and oxygen atoms in total. The number of ether oxygens (including phenoxy) is 1. The summed E-state index contributed by atoms with van der Waals surface area (Å²) in [5.74, 6) is -0.877. The molecule has 1 aliphatic carbocycles. The number of anilines is 1. The Balaban J connectivity index is 2.19. The number of allylic oxidation sites excluding steroid dienone is 2. The van der Waals surface area contributed by atoms with E-state index >= 15 is 0 Å². The molecule has 3 rings (SSSR count). The first-order chi connectivity index (χ1) is 10.0. The number of carboxylic acids is 1. The fourth-order valence-corrected chi connectivity index (χ4v) is 3.16. The standard InChI is InChI=1S/C14H14N2O5/c1-21-7-5-10-8-3-2-4-9(8)13(14(17)18)15-12(10)11(6-7)16(19)20/h2-3,5-6,8-9,13,15H,4H2,1H3,(H,17,18)/t8-,9-,13-/m0/s1. The van der Waals surface area contributed by atoms with Crippen LogP contribution in [0, 0.1) is 16.0 Å². The first-order valence-corrected chi connectivity index (χ1v) is 6.55. The average Bonchev–Trinajstić information content (AvgIpc) is 2.94. The van der Waals surface area contributed by atoms with Gasteiger partial charge in [-0.15, -0.1) is 0 Å². The quantitative estimate of drug-likeness (QED) is 0.502. The SMILES string of the molecule is COc1cc2c(c([N+](=O)[O-])c1)N[C@H](C(=O)O)[C@H]1CC=C[C@H]21. The predicted octanol–water partition coefficient (Wildman–Crippen LogP) is 2.14. The molecular formula is C14H14N2O5. The lowest BCUT2D eigenvalue weighted by atomic mass is 9.79. The summed E-state index contributed by atoms with van der Waals surface area (Å²) in [6, 6.07) is 2.22. The van der Waals surface area contributed by atoms with Crippen LogP contribution in [-0.2, 0) is 4.79 Å². The second-order valence-electron chi connectivity index (χ2n) is 5.18. The van der Waals surface area contributed by atoms with Gasteiger partial charge in [0.25, 0.3) is 5.69 Å². The minimum absolute atomic E-state index is 0.137. The van der Waals surface area contributed by atoms with Crippen molar-refractivity contribution in [3.05, 3.63) is 40.0 Å². The number of carbonyl (C=O) groups is 1. The van der Waals surface area contributed by atoms with Gasteiger partial charge in [-0.05, 0) is 18.1 Å². The van der Waals surface area contributed by atoms with E-state index in [2.05, 4.69) is 5.32 Å². The van der Waals surface area contributed by atoms with E-state index in [1.54, 1.807) is 6.07 Å². The molecule has 7 heteroatoms. The number of nitro groups is 1. The molecule has 0 saturated carbocycles.